The minimum atomic E-state index is -0.620. The van der Waals surface area contributed by atoms with E-state index < -0.39 is 5.97 Å². The Bertz CT molecular complexity index is 481. The van der Waals surface area contributed by atoms with E-state index in [1.54, 1.807) is 31.5 Å². The molecule has 2 aromatic heterocycles. The summed E-state index contributed by atoms with van der Waals surface area (Å²) in [4.78, 5) is 15.2. The van der Waals surface area contributed by atoms with Gasteiger partial charge in [-0.15, -0.1) is 10.2 Å². The Kier molecular flexibility index (Phi) is 2.90. The van der Waals surface area contributed by atoms with Crippen LogP contribution in [-0.4, -0.2) is 27.8 Å². The molecule has 0 fully saturated rings. The molecule has 0 saturated carbocycles. The number of hydrogen-bond acceptors (Lipinski definition) is 6. The molecule has 0 bridgehead atoms. The number of aromatic nitrogens is 3. The fraction of sp³-hybridized carbons (Fsp3) is 0.200. The van der Waals surface area contributed by atoms with Gasteiger partial charge >= 0.3 is 11.9 Å². The van der Waals surface area contributed by atoms with E-state index in [-0.39, 0.29) is 18.4 Å². The zero-order valence-electron chi connectivity index (χ0n) is 8.58. The Balaban J connectivity index is 2.23. The lowest BCUT2D eigenvalue weighted by atomic mass is 10.3. The molecule has 6 nitrogen and oxygen atoms in total. The summed E-state index contributed by atoms with van der Waals surface area (Å²) in [6.07, 6.45) is 3.20. The molecular weight excluding hydrogens is 210 g/mol. The highest BCUT2D eigenvalue weighted by atomic mass is 16.5. The van der Waals surface area contributed by atoms with E-state index in [0.29, 0.717) is 5.56 Å². The van der Waals surface area contributed by atoms with Crippen LogP contribution in [0.15, 0.2) is 28.9 Å². The van der Waals surface area contributed by atoms with E-state index in [1.807, 2.05) is 0 Å². The quantitative estimate of drug-likeness (QED) is 0.724. The van der Waals surface area contributed by atoms with Crippen molar-refractivity contribution < 1.29 is 13.9 Å². The monoisotopic (exact) mass is 219 g/mol. The first-order valence-corrected chi connectivity index (χ1v) is 4.72. The highest BCUT2D eigenvalue weighted by Crippen LogP contribution is 2.16. The van der Waals surface area contributed by atoms with Crippen molar-refractivity contribution in [1.82, 2.24) is 15.2 Å². The summed E-state index contributed by atoms with van der Waals surface area (Å²) in [6, 6.07) is 3.50. The first kappa shape index (κ1) is 10.3. The van der Waals surface area contributed by atoms with Crippen LogP contribution in [0, 0.1) is 0 Å². The fourth-order valence-corrected chi connectivity index (χ4v) is 1.10. The summed E-state index contributed by atoms with van der Waals surface area (Å²) in [5.74, 6) is -0.526. The van der Waals surface area contributed by atoms with Crippen LogP contribution < -0.4 is 0 Å². The SMILES string of the molecule is CCOC(=O)c1nnc(-c2cccnc2)o1. The van der Waals surface area contributed by atoms with Crippen LogP contribution in [0.5, 0.6) is 0 Å². The molecule has 0 atom stereocenters. The fourth-order valence-electron chi connectivity index (χ4n) is 1.10. The third-order valence-electron chi connectivity index (χ3n) is 1.78. The Morgan fingerprint density at radius 3 is 3.06 bits per heavy atom. The zero-order chi connectivity index (χ0) is 11.4. The van der Waals surface area contributed by atoms with E-state index in [1.165, 1.54) is 0 Å². The largest absolute Gasteiger partial charge is 0.459 e. The van der Waals surface area contributed by atoms with Crippen molar-refractivity contribution in [1.29, 1.82) is 0 Å². The molecule has 0 amide bonds. The molecule has 0 radical (unpaired) electrons. The number of rotatable bonds is 3. The molecule has 0 aliphatic carbocycles. The molecule has 82 valence electrons. The van der Waals surface area contributed by atoms with Gasteiger partial charge in [0.05, 0.1) is 12.2 Å². The van der Waals surface area contributed by atoms with Crippen molar-refractivity contribution in [2.24, 2.45) is 0 Å². The van der Waals surface area contributed by atoms with Crippen molar-refractivity contribution in [3.8, 4) is 11.5 Å². The van der Waals surface area contributed by atoms with Gasteiger partial charge in [-0.3, -0.25) is 4.98 Å². The molecule has 0 spiro atoms. The molecule has 16 heavy (non-hydrogen) atoms. The number of esters is 1. The smallest absolute Gasteiger partial charge is 0.396 e. The van der Waals surface area contributed by atoms with Crippen LogP contribution in [0.2, 0.25) is 0 Å². The van der Waals surface area contributed by atoms with Gasteiger partial charge in [-0.25, -0.2) is 4.79 Å². The molecule has 0 N–H and O–H groups in total. The van der Waals surface area contributed by atoms with Crippen LogP contribution in [0.4, 0.5) is 0 Å². The maximum absolute atomic E-state index is 11.3. The van der Waals surface area contributed by atoms with Crippen molar-refractivity contribution in [2.45, 2.75) is 6.92 Å². The molecular formula is C10H9N3O3. The van der Waals surface area contributed by atoms with Gasteiger partial charge in [-0.2, -0.15) is 0 Å². The number of hydrogen-bond donors (Lipinski definition) is 0. The normalized spacial score (nSPS) is 10.1. The topological polar surface area (TPSA) is 78.1 Å². The van der Waals surface area contributed by atoms with Crippen LogP contribution in [-0.2, 0) is 4.74 Å². The lowest BCUT2D eigenvalue weighted by molar-refractivity contribution is 0.0481. The third kappa shape index (κ3) is 2.05. The van der Waals surface area contributed by atoms with Gasteiger partial charge in [0.1, 0.15) is 0 Å². The Labute approximate surface area is 91.3 Å². The zero-order valence-corrected chi connectivity index (χ0v) is 8.58. The second-order valence-corrected chi connectivity index (χ2v) is 2.87. The van der Waals surface area contributed by atoms with E-state index in [9.17, 15) is 4.79 Å². The Hall–Kier alpha value is -2.24. The molecule has 2 rings (SSSR count). The van der Waals surface area contributed by atoms with Gasteiger partial charge in [0.2, 0.25) is 5.89 Å². The second kappa shape index (κ2) is 4.52. The lowest BCUT2D eigenvalue weighted by Crippen LogP contribution is -2.04. The van der Waals surface area contributed by atoms with Gasteiger partial charge < -0.3 is 9.15 Å². The summed E-state index contributed by atoms with van der Waals surface area (Å²) in [7, 11) is 0. The summed E-state index contributed by atoms with van der Waals surface area (Å²) in [6.45, 7) is 1.97. The van der Waals surface area contributed by atoms with Crippen molar-refractivity contribution in [3.05, 3.63) is 30.4 Å². The minimum Gasteiger partial charge on any atom is -0.459 e. The average Bonchev–Trinajstić information content (AvgIpc) is 2.80. The first-order chi connectivity index (χ1) is 7.81. The molecule has 6 heteroatoms. The second-order valence-electron chi connectivity index (χ2n) is 2.87. The number of nitrogens with zero attached hydrogens (tertiary/aromatic N) is 3. The van der Waals surface area contributed by atoms with Gasteiger partial charge in [0, 0.05) is 12.4 Å². The van der Waals surface area contributed by atoms with Crippen LogP contribution in [0.1, 0.15) is 17.6 Å². The van der Waals surface area contributed by atoms with Crippen LogP contribution in [0.25, 0.3) is 11.5 Å². The molecule has 2 aromatic rings. The van der Waals surface area contributed by atoms with E-state index in [2.05, 4.69) is 15.2 Å². The third-order valence-corrected chi connectivity index (χ3v) is 1.78. The molecule has 0 unspecified atom stereocenters. The number of carbonyl (C=O) groups is 1. The summed E-state index contributed by atoms with van der Waals surface area (Å²) in [5, 5.41) is 7.32. The van der Waals surface area contributed by atoms with Crippen molar-refractivity contribution in [3.63, 3.8) is 0 Å². The van der Waals surface area contributed by atoms with Crippen molar-refractivity contribution >= 4 is 5.97 Å². The molecule has 0 aliphatic heterocycles. The molecule has 0 saturated heterocycles. The van der Waals surface area contributed by atoms with E-state index in [0.717, 1.165) is 0 Å². The van der Waals surface area contributed by atoms with Gasteiger partial charge in [0.25, 0.3) is 0 Å². The molecule has 2 heterocycles. The maximum Gasteiger partial charge on any atom is 0.396 e. The first-order valence-electron chi connectivity index (χ1n) is 4.72. The summed E-state index contributed by atoms with van der Waals surface area (Å²) in [5.41, 5.74) is 0.658. The number of pyridine rings is 1. The van der Waals surface area contributed by atoms with E-state index >= 15 is 0 Å². The highest BCUT2D eigenvalue weighted by Gasteiger charge is 2.16. The van der Waals surface area contributed by atoms with E-state index in [4.69, 9.17) is 9.15 Å². The lowest BCUT2D eigenvalue weighted by Gasteiger charge is -1.94. The highest BCUT2D eigenvalue weighted by molar-refractivity contribution is 5.84. The molecule has 0 aliphatic rings. The van der Waals surface area contributed by atoms with Gasteiger partial charge in [0.15, 0.2) is 0 Å². The van der Waals surface area contributed by atoms with Gasteiger partial charge in [-0.05, 0) is 19.1 Å². The number of ether oxygens (including phenoxy) is 1. The van der Waals surface area contributed by atoms with Crippen molar-refractivity contribution in [2.75, 3.05) is 6.61 Å². The Morgan fingerprint density at radius 1 is 1.50 bits per heavy atom. The summed E-state index contributed by atoms with van der Waals surface area (Å²) < 4.78 is 9.87. The number of carbonyl (C=O) groups excluding carboxylic acids is 1. The summed E-state index contributed by atoms with van der Waals surface area (Å²) >= 11 is 0. The van der Waals surface area contributed by atoms with Crippen LogP contribution >= 0.6 is 0 Å². The molecule has 0 aromatic carbocycles. The van der Waals surface area contributed by atoms with Crippen LogP contribution in [0.3, 0.4) is 0 Å². The standard InChI is InChI=1S/C10H9N3O3/c1-2-15-10(14)9-13-12-8(16-9)7-4-3-5-11-6-7/h3-6H,2H2,1H3. The van der Waals surface area contributed by atoms with Gasteiger partial charge in [-0.1, -0.05) is 0 Å². The predicted molar refractivity (Wildman–Crippen MR) is 53.5 cm³/mol. The predicted octanol–water partition coefficient (Wildman–Crippen LogP) is 1.31. The maximum atomic E-state index is 11.3. The Morgan fingerprint density at radius 2 is 2.38 bits per heavy atom. The minimum absolute atomic E-state index is 0.152. The average molecular weight is 219 g/mol.